The molecule has 9 aromatic rings. The van der Waals surface area contributed by atoms with E-state index in [0.717, 1.165) is 33.6 Å². The summed E-state index contributed by atoms with van der Waals surface area (Å²) in [4.78, 5) is 10.4. The summed E-state index contributed by atoms with van der Waals surface area (Å²) in [7, 11) is 0. The largest absolute Gasteiger partial charge is 0.228 e. The van der Waals surface area contributed by atoms with E-state index in [0.29, 0.717) is 5.82 Å². The number of hydrogen-bond acceptors (Lipinski definition) is 2. The smallest absolute Gasteiger partial charge is 0.160 e. The van der Waals surface area contributed by atoms with Crippen molar-refractivity contribution in [1.29, 1.82) is 0 Å². The van der Waals surface area contributed by atoms with Gasteiger partial charge in [0.1, 0.15) is 0 Å². The molecule has 0 bridgehead atoms. The minimum atomic E-state index is -0.401. The lowest BCUT2D eigenvalue weighted by Crippen LogP contribution is -2.40. The predicted octanol–water partition coefficient (Wildman–Crippen LogP) is 13.3. The Morgan fingerprint density at radius 3 is 1.66 bits per heavy atom. The van der Waals surface area contributed by atoms with Gasteiger partial charge in [-0.25, -0.2) is 9.97 Å². The summed E-state index contributed by atoms with van der Waals surface area (Å²) in [6.45, 7) is 4.79. The van der Waals surface area contributed by atoms with Crippen LogP contribution in [0, 0.1) is 0 Å². The summed E-state index contributed by atoms with van der Waals surface area (Å²) >= 11 is 0. The second-order valence-corrected chi connectivity index (χ2v) is 15.7. The van der Waals surface area contributed by atoms with E-state index in [1.54, 1.807) is 0 Å². The van der Waals surface area contributed by atoms with Gasteiger partial charge in [0.15, 0.2) is 5.82 Å². The maximum Gasteiger partial charge on any atom is 0.160 e. The fraction of sp³-hybridized carbons (Fsp3) is 0.0741. The lowest BCUT2D eigenvalue weighted by Gasteiger charge is -2.46. The average Bonchev–Trinajstić information content (AvgIpc) is 3.56. The van der Waals surface area contributed by atoms with E-state index in [-0.39, 0.29) is 5.41 Å². The fourth-order valence-electron chi connectivity index (χ4n) is 9.78. The molecule has 2 aliphatic carbocycles. The Balaban J connectivity index is 1.09. The van der Waals surface area contributed by atoms with E-state index in [2.05, 4.69) is 190 Å². The molecule has 0 fully saturated rings. The van der Waals surface area contributed by atoms with Crippen LogP contribution in [0.25, 0.3) is 66.9 Å². The molecule has 0 unspecified atom stereocenters. The Bertz CT molecular complexity index is 2960. The normalized spacial score (nSPS) is 14.2. The Kier molecular flexibility index (Phi) is 7.15. The zero-order valence-corrected chi connectivity index (χ0v) is 31.4. The SMILES string of the molecule is CC1(C)c2ccccc2C2(c3ccccc3-c3ccccc32)c2ccc(-c3cccc(-c4cc(-c5cccc6ccccc56)nc(-c5ccccc5)n4)c3)cc21. The topological polar surface area (TPSA) is 25.8 Å². The van der Waals surface area contributed by atoms with Crippen molar-refractivity contribution in [1.82, 2.24) is 9.97 Å². The van der Waals surface area contributed by atoms with Gasteiger partial charge in [-0.3, -0.25) is 0 Å². The molecule has 0 atom stereocenters. The zero-order chi connectivity index (χ0) is 37.4. The van der Waals surface area contributed by atoms with Gasteiger partial charge in [-0.05, 0) is 84.6 Å². The van der Waals surface area contributed by atoms with Crippen LogP contribution >= 0.6 is 0 Å². The van der Waals surface area contributed by atoms with Crippen LogP contribution in [-0.2, 0) is 10.8 Å². The Hall–Kier alpha value is -6.90. The molecular formula is C54H38N2. The molecule has 8 aromatic carbocycles. The molecule has 11 rings (SSSR count). The van der Waals surface area contributed by atoms with Gasteiger partial charge in [0.05, 0.1) is 16.8 Å². The third-order valence-electron chi connectivity index (χ3n) is 12.4. The van der Waals surface area contributed by atoms with Crippen LogP contribution in [0.5, 0.6) is 0 Å². The summed E-state index contributed by atoms with van der Waals surface area (Å²) in [5.74, 6) is 0.716. The number of hydrogen-bond donors (Lipinski definition) is 0. The minimum Gasteiger partial charge on any atom is -0.228 e. The summed E-state index contributed by atoms with van der Waals surface area (Å²) in [5, 5.41) is 2.37. The molecule has 0 amide bonds. The quantitative estimate of drug-likeness (QED) is 0.181. The standard InChI is InChI=1S/C54H38N2/c1-53(2)46-28-12-13-29-47(46)54(44-26-10-8-23-41(44)42-24-9-11-27-45(42)54)48-31-30-38(33-49(48)53)37-20-14-21-39(32-37)50-34-51(56-52(55-50)36-17-4-3-5-18-36)43-25-15-19-35-16-6-7-22-40(35)43/h3-34H,1-2H3. The van der Waals surface area contributed by atoms with Crippen LogP contribution in [0.1, 0.15) is 47.2 Å². The highest BCUT2D eigenvalue weighted by Crippen LogP contribution is 2.62. The van der Waals surface area contributed by atoms with Crippen LogP contribution in [0.2, 0.25) is 0 Å². The van der Waals surface area contributed by atoms with Crippen LogP contribution in [-0.4, -0.2) is 9.97 Å². The summed E-state index contributed by atoms with van der Waals surface area (Å²) in [6, 6.07) is 70.7. The summed E-state index contributed by atoms with van der Waals surface area (Å²) in [6.07, 6.45) is 0. The van der Waals surface area contributed by atoms with E-state index in [4.69, 9.17) is 9.97 Å². The van der Waals surface area contributed by atoms with Crippen molar-refractivity contribution in [2.75, 3.05) is 0 Å². The van der Waals surface area contributed by atoms with Crippen molar-refractivity contribution in [2.45, 2.75) is 24.7 Å². The van der Waals surface area contributed by atoms with E-state index in [9.17, 15) is 0 Å². The van der Waals surface area contributed by atoms with Gasteiger partial charge in [0.25, 0.3) is 0 Å². The number of nitrogens with zero attached hydrogens (tertiary/aromatic N) is 2. The van der Waals surface area contributed by atoms with Gasteiger partial charge in [-0.1, -0.05) is 190 Å². The first kappa shape index (κ1) is 32.5. The second kappa shape index (κ2) is 12.3. The third-order valence-corrected chi connectivity index (χ3v) is 12.4. The molecule has 2 nitrogen and oxygen atoms in total. The first-order valence-electron chi connectivity index (χ1n) is 19.5. The molecule has 2 heteroatoms. The Morgan fingerprint density at radius 1 is 0.339 bits per heavy atom. The van der Waals surface area contributed by atoms with Crippen molar-refractivity contribution >= 4 is 10.8 Å². The van der Waals surface area contributed by atoms with Gasteiger partial charge in [0, 0.05) is 22.1 Å². The molecule has 1 heterocycles. The average molecular weight is 715 g/mol. The molecule has 2 aliphatic rings. The number of rotatable bonds is 4. The maximum absolute atomic E-state index is 5.21. The first-order chi connectivity index (χ1) is 27.5. The molecule has 56 heavy (non-hydrogen) atoms. The Labute approximate surface area is 327 Å². The molecule has 1 aromatic heterocycles. The van der Waals surface area contributed by atoms with Crippen LogP contribution < -0.4 is 0 Å². The number of aromatic nitrogens is 2. The second-order valence-electron chi connectivity index (χ2n) is 15.7. The van der Waals surface area contributed by atoms with Crippen LogP contribution in [0.3, 0.4) is 0 Å². The monoisotopic (exact) mass is 714 g/mol. The van der Waals surface area contributed by atoms with Crippen molar-refractivity contribution in [3.63, 3.8) is 0 Å². The lowest BCUT2D eigenvalue weighted by molar-refractivity contribution is 0.563. The van der Waals surface area contributed by atoms with Gasteiger partial charge in [-0.2, -0.15) is 0 Å². The van der Waals surface area contributed by atoms with Crippen molar-refractivity contribution in [3.8, 4) is 56.2 Å². The highest BCUT2D eigenvalue weighted by molar-refractivity contribution is 5.96. The lowest BCUT2D eigenvalue weighted by atomic mass is 9.55. The van der Waals surface area contributed by atoms with E-state index < -0.39 is 5.41 Å². The molecule has 1 spiro atoms. The fourth-order valence-corrected chi connectivity index (χ4v) is 9.78. The van der Waals surface area contributed by atoms with Crippen molar-refractivity contribution in [3.05, 3.63) is 228 Å². The van der Waals surface area contributed by atoms with E-state index in [1.165, 1.54) is 60.8 Å². The van der Waals surface area contributed by atoms with Crippen molar-refractivity contribution in [2.24, 2.45) is 0 Å². The molecule has 0 N–H and O–H groups in total. The highest BCUT2D eigenvalue weighted by atomic mass is 14.9. The minimum absolute atomic E-state index is 0.220. The zero-order valence-electron chi connectivity index (χ0n) is 31.4. The highest BCUT2D eigenvalue weighted by Gasteiger charge is 2.53. The maximum atomic E-state index is 5.21. The molecule has 0 saturated carbocycles. The summed E-state index contributed by atoms with van der Waals surface area (Å²) < 4.78 is 0. The first-order valence-corrected chi connectivity index (χ1v) is 19.5. The van der Waals surface area contributed by atoms with Crippen molar-refractivity contribution < 1.29 is 0 Å². The summed E-state index contributed by atoms with van der Waals surface area (Å²) in [5.41, 5.74) is 17.5. The molecule has 0 aliphatic heterocycles. The third kappa shape index (κ3) is 4.69. The molecule has 264 valence electrons. The van der Waals surface area contributed by atoms with Gasteiger partial charge in [0.2, 0.25) is 0 Å². The number of benzene rings is 8. The Morgan fingerprint density at radius 2 is 0.875 bits per heavy atom. The van der Waals surface area contributed by atoms with E-state index in [1.807, 2.05) is 18.2 Å². The van der Waals surface area contributed by atoms with Crippen LogP contribution in [0.4, 0.5) is 0 Å². The predicted molar refractivity (Wildman–Crippen MR) is 231 cm³/mol. The molecular weight excluding hydrogens is 677 g/mol. The van der Waals surface area contributed by atoms with Gasteiger partial charge < -0.3 is 0 Å². The van der Waals surface area contributed by atoms with Gasteiger partial charge >= 0.3 is 0 Å². The number of fused-ring (bicyclic) bond motifs is 10. The van der Waals surface area contributed by atoms with E-state index >= 15 is 0 Å². The van der Waals surface area contributed by atoms with Gasteiger partial charge in [-0.15, -0.1) is 0 Å². The molecule has 0 radical (unpaired) electrons. The molecule has 0 saturated heterocycles. The van der Waals surface area contributed by atoms with Crippen LogP contribution in [0.15, 0.2) is 194 Å².